The van der Waals surface area contributed by atoms with Crippen molar-refractivity contribution in [3.05, 3.63) is 51.2 Å². The van der Waals surface area contributed by atoms with Crippen molar-refractivity contribution in [2.24, 2.45) is 10.9 Å². The lowest BCUT2D eigenvalue weighted by atomic mass is 9.75. The number of aliphatic imine (C=N–C) groups is 1. The Morgan fingerprint density at radius 1 is 1.19 bits per heavy atom. The fourth-order valence-corrected chi connectivity index (χ4v) is 3.62. The molecule has 1 aromatic rings. The smallest absolute Gasteiger partial charge is 0.336 e. The van der Waals surface area contributed by atoms with E-state index in [9.17, 15) is 19.7 Å². The second kappa shape index (κ2) is 11.5. The number of ether oxygens (including phenoxy) is 3. The summed E-state index contributed by atoms with van der Waals surface area (Å²) in [5, 5.41) is 11.3. The Morgan fingerprint density at radius 3 is 2.53 bits per heavy atom. The summed E-state index contributed by atoms with van der Waals surface area (Å²) in [6.45, 7) is 9.60. The molecule has 0 amide bonds. The zero-order chi connectivity index (χ0) is 23.8. The van der Waals surface area contributed by atoms with E-state index in [2.05, 4.69) is 4.99 Å². The molecule has 1 aromatic carbocycles. The molecule has 1 aliphatic rings. The Hall–Kier alpha value is -3.07. The van der Waals surface area contributed by atoms with E-state index in [1.807, 2.05) is 6.92 Å². The van der Waals surface area contributed by atoms with Crippen molar-refractivity contribution >= 4 is 23.3 Å². The van der Waals surface area contributed by atoms with E-state index in [0.717, 1.165) is 6.42 Å². The molecule has 2 atom stereocenters. The highest BCUT2D eigenvalue weighted by molar-refractivity contribution is 6.07. The van der Waals surface area contributed by atoms with Gasteiger partial charge in [-0.2, -0.15) is 0 Å². The molecule has 174 valence electrons. The van der Waals surface area contributed by atoms with Crippen LogP contribution in [0.25, 0.3) is 0 Å². The number of rotatable bonds is 10. The van der Waals surface area contributed by atoms with E-state index < -0.39 is 28.7 Å². The second-order valence-electron chi connectivity index (χ2n) is 7.79. The molecule has 0 aliphatic carbocycles. The molecular formula is C23H30N2O7. The number of carbonyl (C=O) groups is 2. The van der Waals surface area contributed by atoms with Crippen LogP contribution in [-0.2, 0) is 23.8 Å². The zero-order valence-corrected chi connectivity index (χ0v) is 19.1. The quantitative estimate of drug-likeness (QED) is 0.231. The number of carbonyl (C=O) groups excluding carboxylic acids is 2. The van der Waals surface area contributed by atoms with E-state index in [1.165, 1.54) is 18.2 Å². The molecule has 1 heterocycles. The topological polar surface area (TPSA) is 117 Å². The summed E-state index contributed by atoms with van der Waals surface area (Å²) in [6.07, 6.45) is 0.472. The third-order valence-corrected chi connectivity index (χ3v) is 4.90. The predicted octanol–water partition coefficient (Wildman–Crippen LogP) is 3.96. The van der Waals surface area contributed by atoms with E-state index in [1.54, 1.807) is 33.8 Å². The first kappa shape index (κ1) is 25.2. The van der Waals surface area contributed by atoms with Gasteiger partial charge in [-0.1, -0.05) is 19.1 Å². The number of esters is 2. The maximum absolute atomic E-state index is 13.0. The van der Waals surface area contributed by atoms with Crippen LogP contribution in [0.15, 0.2) is 40.5 Å². The fraction of sp³-hybridized carbons (Fsp3) is 0.522. The van der Waals surface area contributed by atoms with E-state index in [-0.39, 0.29) is 30.6 Å². The van der Waals surface area contributed by atoms with Gasteiger partial charge in [-0.05, 0) is 39.7 Å². The summed E-state index contributed by atoms with van der Waals surface area (Å²) in [6, 6.07) is 5.89. The van der Waals surface area contributed by atoms with Crippen molar-refractivity contribution in [3.8, 4) is 0 Å². The number of nitro benzene ring substituents is 1. The molecule has 2 unspecified atom stereocenters. The molecule has 32 heavy (non-hydrogen) atoms. The van der Waals surface area contributed by atoms with Crippen LogP contribution in [0, 0.1) is 16.0 Å². The summed E-state index contributed by atoms with van der Waals surface area (Å²) < 4.78 is 16.2. The number of nitro groups is 1. The minimum Gasteiger partial charge on any atom is -0.462 e. The van der Waals surface area contributed by atoms with Crippen LogP contribution >= 0.6 is 0 Å². The molecule has 0 bridgehead atoms. The first-order valence-electron chi connectivity index (χ1n) is 10.6. The van der Waals surface area contributed by atoms with Crippen LogP contribution in [0.5, 0.6) is 0 Å². The molecule has 1 aliphatic heterocycles. The second-order valence-corrected chi connectivity index (χ2v) is 7.79. The molecule has 0 saturated heterocycles. The van der Waals surface area contributed by atoms with Crippen molar-refractivity contribution in [3.63, 3.8) is 0 Å². The number of non-ortho nitro benzene ring substituents is 1. The SMILES string of the molecule is CCCOCCOC(=O)C1=C(C)N=C(C)C(C(=O)OC(C)C)C1c1cccc([N+](=O)[O-])c1. The maximum atomic E-state index is 13.0. The highest BCUT2D eigenvalue weighted by atomic mass is 16.6. The predicted molar refractivity (Wildman–Crippen MR) is 118 cm³/mol. The average Bonchev–Trinajstić information content (AvgIpc) is 2.72. The van der Waals surface area contributed by atoms with Gasteiger partial charge < -0.3 is 14.2 Å². The number of hydrogen-bond donors (Lipinski definition) is 0. The number of hydrogen-bond acceptors (Lipinski definition) is 8. The standard InChI is InChI=1S/C23H30N2O7/c1-6-10-30-11-12-31-22(26)19-15(4)24-16(5)20(23(27)32-14(2)3)21(19)17-8-7-9-18(13-17)25(28)29/h7-9,13-14,20-21H,6,10-12H2,1-5H3. The lowest BCUT2D eigenvalue weighted by molar-refractivity contribution is -0.384. The van der Waals surface area contributed by atoms with Crippen LogP contribution < -0.4 is 0 Å². The van der Waals surface area contributed by atoms with Crippen LogP contribution in [0.2, 0.25) is 0 Å². The normalized spacial score (nSPS) is 18.4. The largest absolute Gasteiger partial charge is 0.462 e. The Labute approximate surface area is 187 Å². The van der Waals surface area contributed by atoms with Gasteiger partial charge in [-0.25, -0.2) is 4.79 Å². The van der Waals surface area contributed by atoms with E-state index in [4.69, 9.17) is 14.2 Å². The van der Waals surface area contributed by atoms with Gasteiger partial charge in [-0.3, -0.25) is 19.9 Å². The molecule has 0 N–H and O–H groups in total. The van der Waals surface area contributed by atoms with Crippen molar-refractivity contribution in [1.29, 1.82) is 0 Å². The average molecular weight is 447 g/mol. The highest BCUT2D eigenvalue weighted by Crippen LogP contribution is 2.41. The molecule has 0 fully saturated rings. The first-order chi connectivity index (χ1) is 15.2. The monoisotopic (exact) mass is 446 g/mol. The Bertz CT molecular complexity index is 921. The van der Waals surface area contributed by atoms with Gasteiger partial charge in [0.15, 0.2) is 0 Å². The Kier molecular flexibility index (Phi) is 9.07. The molecule has 9 nitrogen and oxygen atoms in total. The lowest BCUT2D eigenvalue weighted by Crippen LogP contribution is -2.37. The van der Waals surface area contributed by atoms with Gasteiger partial charge in [0.2, 0.25) is 0 Å². The van der Waals surface area contributed by atoms with E-state index >= 15 is 0 Å². The number of allylic oxidation sites excluding steroid dienone is 1. The van der Waals surface area contributed by atoms with Gasteiger partial charge in [-0.15, -0.1) is 0 Å². The van der Waals surface area contributed by atoms with Crippen LogP contribution in [-0.4, -0.2) is 48.5 Å². The van der Waals surface area contributed by atoms with Crippen molar-refractivity contribution < 1.29 is 28.7 Å². The zero-order valence-electron chi connectivity index (χ0n) is 19.1. The van der Waals surface area contributed by atoms with Crippen molar-refractivity contribution in [2.45, 2.75) is 53.1 Å². The van der Waals surface area contributed by atoms with Crippen LogP contribution in [0.4, 0.5) is 5.69 Å². The van der Waals surface area contributed by atoms with Gasteiger partial charge in [0.1, 0.15) is 12.5 Å². The van der Waals surface area contributed by atoms with Crippen LogP contribution in [0.1, 0.15) is 52.5 Å². The molecule has 0 spiro atoms. The first-order valence-corrected chi connectivity index (χ1v) is 10.6. The van der Waals surface area contributed by atoms with Gasteiger partial charge in [0.05, 0.1) is 23.2 Å². The van der Waals surface area contributed by atoms with Gasteiger partial charge in [0, 0.05) is 36.1 Å². The minimum absolute atomic E-state index is 0.0427. The Balaban J connectivity index is 2.48. The number of benzene rings is 1. The molecular weight excluding hydrogens is 416 g/mol. The fourth-order valence-electron chi connectivity index (χ4n) is 3.62. The van der Waals surface area contributed by atoms with Gasteiger partial charge >= 0.3 is 11.9 Å². The van der Waals surface area contributed by atoms with Crippen LogP contribution in [0.3, 0.4) is 0 Å². The van der Waals surface area contributed by atoms with E-state index in [0.29, 0.717) is 23.6 Å². The third-order valence-electron chi connectivity index (χ3n) is 4.90. The molecule has 0 aromatic heterocycles. The summed E-state index contributed by atoms with van der Waals surface area (Å²) in [4.78, 5) is 41.3. The number of nitrogens with zero attached hydrogens (tertiary/aromatic N) is 2. The molecule has 0 radical (unpaired) electrons. The lowest BCUT2D eigenvalue weighted by Gasteiger charge is -2.32. The summed E-state index contributed by atoms with van der Waals surface area (Å²) in [7, 11) is 0. The Morgan fingerprint density at radius 2 is 1.91 bits per heavy atom. The van der Waals surface area contributed by atoms with Crippen molar-refractivity contribution in [2.75, 3.05) is 19.8 Å². The minimum atomic E-state index is -0.915. The molecule has 9 heteroatoms. The summed E-state index contributed by atoms with van der Waals surface area (Å²) in [5.74, 6) is -2.94. The summed E-state index contributed by atoms with van der Waals surface area (Å²) in [5.41, 5.74) is 1.33. The molecule has 0 saturated carbocycles. The van der Waals surface area contributed by atoms with Crippen molar-refractivity contribution in [1.82, 2.24) is 0 Å². The maximum Gasteiger partial charge on any atom is 0.336 e. The summed E-state index contributed by atoms with van der Waals surface area (Å²) >= 11 is 0. The molecule has 2 rings (SSSR count). The highest BCUT2D eigenvalue weighted by Gasteiger charge is 2.43. The van der Waals surface area contributed by atoms with Gasteiger partial charge in [0.25, 0.3) is 5.69 Å². The third kappa shape index (κ3) is 6.23.